The second-order valence-corrected chi connectivity index (χ2v) is 2.95. The van der Waals surface area contributed by atoms with Crippen LogP contribution in [-0.4, -0.2) is 23.1 Å². The molecule has 0 amide bonds. The summed E-state index contributed by atoms with van der Waals surface area (Å²) in [5, 5.41) is 7.60. The van der Waals surface area contributed by atoms with Gasteiger partial charge in [-0.1, -0.05) is 20.1 Å². The number of esters is 1. The SMILES string of the molecule is C=C(C)C(=O)OC(C)CC.C=CC(=O)O. The number of aliphatic carboxylic acids is 1. The zero-order valence-corrected chi connectivity index (χ0v) is 9.45. The number of rotatable bonds is 4. The van der Waals surface area contributed by atoms with Gasteiger partial charge in [-0.2, -0.15) is 0 Å². The summed E-state index contributed by atoms with van der Waals surface area (Å²) in [4.78, 5) is 20.0. The van der Waals surface area contributed by atoms with E-state index in [0.717, 1.165) is 12.5 Å². The van der Waals surface area contributed by atoms with Gasteiger partial charge in [0.2, 0.25) is 0 Å². The van der Waals surface area contributed by atoms with Crippen LogP contribution >= 0.6 is 0 Å². The van der Waals surface area contributed by atoms with Crippen molar-refractivity contribution in [3.05, 3.63) is 24.8 Å². The number of hydrogen-bond acceptors (Lipinski definition) is 3. The van der Waals surface area contributed by atoms with Gasteiger partial charge in [0.1, 0.15) is 0 Å². The third-order valence-electron chi connectivity index (χ3n) is 1.41. The normalized spacial score (nSPS) is 10.3. The van der Waals surface area contributed by atoms with E-state index in [0.29, 0.717) is 5.57 Å². The largest absolute Gasteiger partial charge is 0.478 e. The average molecular weight is 214 g/mol. The fraction of sp³-hybridized carbons (Fsp3) is 0.455. The first-order chi connectivity index (χ1) is 6.84. The highest BCUT2D eigenvalue weighted by molar-refractivity contribution is 5.87. The van der Waals surface area contributed by atoms with Crippen LogP contribution in [0.5, 0.6) is 0 Å². The van der Waals surface area contributed by atoms with Crippen molar-refractivity contribution >= 4 is 11.9 Å². The second-order valence-electron chi connectivity index (χ2n) is 2.95. The summed E-state index contributed by atoms with van der Waals surface area (Å²) in [6.45, 7) is 11.9. The molecule has 15 heavy (non-hydrogen) atoms. The monoisotopic (exact) mass is 214 g/mol. The van der Waals surface area contributed by atoms with E-state index in [1.807, 2.05) is 13.8 Å². The summed E-state index contributed by atoms with van der Waals surface area (Å²) in [7, 11) is 0. The second kappa shape index (κ2) is 8.99. The summed E-state index contributed by atoms with van der Waals surface area (Å²) in [6.07, 6.45) is 1.68. The Morgan fingerprint density at radius 2 is 1.93 bits per heavy atom. The summed E-state index contributed by atoms with van der Waals surface area (Å²) in [6, 6.07) is 0. The Labute approximate surface area is 90.2 Å². The molecule has 0 aromatic heterocycles. The molecule has 0 aliphatic carbocycles. The Kier molecular flexibility index (Phi) is 9.52. The molecule has 0 fully saturated rings. The van der Waals surface area contributed by atoms with Gasteiger partial charge in [0.05, 0.1) is 6.10 Å². The molecule has 0 bridgehead atoms. The van der Waals surface area contributed by atoms with Gasteiger partial charge in [-0.15, -0.1) is 0 Å². The highest BCUT2D eigenvalue weighted by Crippen LogP contribution is 2.00. The average Bonchev–Trinajstić information content (AvgIpc) is 2.18. The number of carboxylic acids is 1. The number of ether oxygens (including phenoxy) is 1. The maximum Gasteiger partial charge on any atom is 0.333 e. The smallest absolute Gasteiger partial charge is 0.333 e. The number of carboxylic acid groups (broad SMARTS) is 1. The van der Waals surface area contributed by atoms with Crippen LogP contribution in [0, 0.1) is 0 Å². The molecule has 0 saturated heterocycles. The first-order valence-corrected chi connectivity index (χ1v) is 4.56. The Balaban J connectivity index is 0. The minimum absolute atomic E-state index is 0.00389. The molecule has 0 rings (SSSR count). The van der Waals surface area contributed by atoms with Crippen LogP contribution in [0.2, 0.25) is 0 Å². The van der Waals surface area contributed by atoms with Crippen LogP contribution in [0.3, 0.4) is 0 Å². The molecule has 0 aromatic carbocycles. The van der Waals surface area contributed by atoms with Crippen molar-refractivity contribution in [3.63, 3.8) is 0 Å². The van der Waals surface area contributed by atoms with E-state index in [1.165, 1.54) is 0 Å². The lowest BCUT2D eigenvalue weighted by atomic mass is 10.3. The minimum Gasteiger partial charge on any atom is -0.478 e. The highest BCUT2D eigenvalue weighted by Gasteiger charge is 2.06. The molecule has 0 saturated carbocycles. The maximum atomic E-state index is 10.8. The maximum absolute atomic E-state index is 10.8. The molecule has 86 valence electrons. The van der Waals surface area contributed by atoms with Crippen molar-refractivity contribution in [2.75, 3.05) is 0 Å². The molecule has 0 aromatic rings. The van der Waals surface area contributed by atoms with E-state index < -0.39 is 5.97 Å². The van der Waals surface area contributed by atoms with Crippen molar-refractivity contribution in [1.82, 2.24) is 0 Å². The summed E-state index contributed by atoms with van der Waals surface area (Å²) < 4.78 is 4.92. The highest BCUT2D eigenvalue weighted by atomic mass is 16.5. The molecular weight excluding hydrogens is 196 g/mol. The summed E-state index contributed by atoms with van der Waals surface area (Å²) in [5.74, 6) is -1.28. The molecular formula is C11H18O4. The van der Waals surface area contributed by atoms with Crippen molar-refractivity contribution in [2.24, 2.45) is 0 Å². The van der Waals surface area contributed by atoms with Gasteiger partial charge in [-0.3, -0.25) is 0 Å². The lowest BCUT2D eigenvalue weighted by Crippen LogP contribution is -2.13. The molecule has 0 aliphatic rings. The molecule has 1 N–H and O–H groups in total. The van der Waals surface area contributed by atoms with E-state index >= 15 is 0 Å². The van der Waals surface area contributed by atoms with Crippen LogP contribution in [0.4, 0.5) is 0 Å². The molecule has 1 unspecified atom stereocenters. The van der Waals surface area contributed by atoms with Crippen molar-refractivity contribution < 1.29 is 19.4 Å². The Morgan fingerprint density at radius 1 is 1.53 bits per heavy atom. The Bertz CT molecular complexity index is 243. The van der Waals surface area contributed by atoms with Gasteiger partial charge in [0.15, 0.2) is 0 Å². The molecule has 0 spiro atoms. The van der Waals surface area contributed by atoms with Crippen molar-refractivity contribution in [3.8, 4) is 0 Å². The topological polar surface area (TPSA) is 63.6 Å². The van der Waals surface area contributed by atoms with Crippen LogP contribution in [-0.2, 0) is 14.3 Å². The van der Waals surface area contributed by atoms with E-state index in [9.17, 15) is 9.59 Å². The van der Waals surface area contributed by atoms with Crippen LogP contribution in [0.25, 0.3) is 0 Å². The van der Waals surface area contributed by atoms with Crippen LogP contribution in [0.1, 0.15) is 27.2 Å². The lowest BCUT2D eigenvalue weighted by molar-refractivity contribution is -0.143. The molecule has 0 radical (unpaired) electrons. The number of carbonyl (C=O) groups excluding carboxylic acids is 1. The molecule has 4 nitrogen and oxygen atoms in total. The van der Waals surface area contributed by atoms with Gasteiger partial charge in [0, 0.05) is 11.6 Å². The van der Waals surface area contributed by atoms with Gasteiger partial charge in [0.25, 0.3) is 0 Å². The van der Waals surface area contributed by atoms with E-state index in [1.54, 1.807) is 6.92 Å². The van der Waals surface area contributed by atoms with Gasteiger partial charge in [-0.25, -0.2) is 9.59 Å². The van der Waals surface area contributed by atoms with E-state index in [4.69, 9.17) is 9.84 Å². The Hall–Kier alpha value is -1.58. The van der Waals surface area contributed by atoms with Gasteiger partial charge >= 0.3 is 11.9 Å². The van der Waals surface area contributed by atoms with Crippen molar-refractivity contribution in [2.45, 2.75) is 33.3 Å². The Morgan fingerprint density at radius 3 is 2.13 bits per heavy atom. The quantitative estimate of drug-likeness (QED) is 0.575. The fourth-order valence-corrected chi connectivity index (χ4v) is 0.367. The third-order valence-corrected chi connectivity index (χ3v) is 1.41. The zero-order valence-electron chi connectivity index (χ0n) is 9.45. The molecule has 0 heterocycles. The van der Waals surface area contributed by atoms with Crippen molar-refractivity contribution in [1.29, 1.82) is 0 Å². The summed E-state index contributed by atoms with van der Waals surface area (Å²) in [5.41, 5.74) is 0.459. The van der Waals surface area contributed by atoms with Crippen LogP contribution in [0.15, 0.2) is 24.8 Å². The predicted octanol–water partition coefficient (Wildman–Crippen LogP) is 2.16. The number of carbonyl (C=O) groups is 2. The molecule has 1 atom stereocenters. The van der Waals surface area contributed by atoms with Gasteiger partial charge < -0.3 is 9.84 Å². The standard InChI is InChI=1S/C8H14O2.C3H4O2/c1-5-7(4)10-8(9)6(2)3;1-2-3(4)5/h7H,2,5H2,1,3-4H3;2H,1H2,(H,4,5). The number of hydrogen-bond donors (Lipinski definition) is 1. The minimum atomic E-state index is -0.981. The van der Waals surface area contributed by atoms with E-state index in [-0.39, 0.29) is 12.1 Å². The van der Waals surface area contributed by atoms with E-state index in [2.05, 4.69) is 13.2 Å². The predicted molar refractivity (Wildman–Crippen MR) is 58.5 cm³/mol. The fourth-order valence-electron chi connectivity index (χ4n) is 0.367. The van der Waals surface area contributed by atoms with Crippen LogP contribution < -0.4 is 0 Å². The molecule has 0 aliphatic heterocycles. The third kappa shape index (κ3) is 12.4. The first kappa shape index (κ1) is 15.9. The first-order valence-electron chi connectivity index (χ1n) is 4.56. The summed E-state index contributed by atoms with van der Waals surface area (Å²) >= 11 is 0. The lowest BCUT2D eigenvalue weighted by Gasteiger charge is -2.09. The zero-order chi connectivity index (χ0) is 12.4. The van der Waals surface area contributed by atoms with Gasteiger partial charge in [-0.05, 0) is 20.3 Å². The molecule has 4 heteroatoms.